The molecule has 30 heavy (non-hydrogen) atoms. The number of sulfonamides is 1. The highest BCUT2D eigenvalue weighted by atomic mass is 32.2. The van der Waals surface area contributed by atoms with Crippen molar-refractivity contribution in [3.05, 3.63) is 66.1 Å². The van der Waals surface area contributed by atoms with Crippen molar-refractivity contribution in [2.24, 2.45) is 0 Å². The molecule has 1 N–H and O–H groups in total. The maximum atomic E-state index is 13.4. The maximum Gasteiger partial charge on any atom is 0.243 e. The molecular weight excluding hydrogens is 407 g/mol. The van der Waals surface area contributed by atoms with Gasteiger partial charge in [0.15, 0.2) is 11.6 Å². The number of anilines is 3. The number of rotatable bonds is 5. The lowest BCUT2D eigenvalue weighted by atomic mass is 10.3. The zero-order valence-electron chi connectivity index (χ0n) is 16.4. The van der Waals surface area contributed by atoms with Crippen molar-refractivity contribution < 1.29 is 12.8 Å². The maximum absolute atomic E-state index is 13.4. The summed E-state index contributed by atoms with van der Waals surface area (Å²) < 4.78 is 40.2. The molecule has 3 heterocycles. The van der Waals surface area contributed by atoms with Crippen molar-refractivity contribution in [2.75, 3.05) is 36.4 Å². The Hall–Kier alpha value is -3.11. The molecule has 8 nitrogen and oxygen atoms in total. The Morgan fingerprint density at radius 2 is 1.70 bits per heavy atom. The van der Waals surface area contributed by atoms with Gasteiger partial charge in [-0.25, -0.2) is 17.8 Å². The highest BCUT2D eigenvalue weighted by Crippen LogP contribution is 2.21. The van der Waals surface area contributed by atoms with Crippen LogP contribution in [0.4, 0.5) is 21.8 Å². The fraction of sp³-hybridized carbons (Fsp3) is 0.250. The molecule has 156 valence electrons. The SMILES string of the molecule is Cc1cccc(Nc2ccc(N3CCN(S(=O)(=O)c4cccc(F)c4)CC3)nn2)n1. The summed E-state index contributed by atoms with van der Waals surface area (Å²) in [5.74, 6) is 1.36. The Kier molecular flexibility index (Phi) is 5.60. The highest BCUT2D eigenvalue weighted by molar-refractivity contribution is 7.89. The van der Waals surface area contributed by atoms with Crippen LogP contribution in [-0.4, -0.2) is 54.1 Å². The first-order valence-electron chi connectivity index (χ1n) is 9.47. The monoisotopic (exact) mass is 428 g/mol. The van der Waals surface area contributed by atoms with Crippen LogP contribution in [0.25, 0.3) is 0 Å². The van der Waals surface area contributed by atoms with Crippen molar-refractivity contribution in [2.45, 2.75) is 11.8 Å². The van der Waals surface area contributed by atoms with Crippen LogP contribution in [0.5, 0.6) is 0 Å². The Labute approximate surface area is 174 Å². The second-order valence-electron chi connectivity index (χ2n) is 6.91. The Balaban J connectivity index is 1.39. The molecule has 1 fully saturated rings. The van der Waals surface area contributed by atoms with E-state index < -0.39 is 15.8 Å². The summed E-state index contributed by atoms with van der Waals surface area (Å²) >= 11 is 0. The van der Waals surface area contributed by atoms with E-state index >= 15 is 0 Å². The van der Waals surface area contributed by atoms with Gasteiger partial charge in [-0.05, 0) is 49.4 Å². The first-order valence-corrected chi connectivity index (χ1v) is 10.9. The van der Waals surface area contributed by atoms with Crippen molar-refractivity contribution in [1.82, 2.24) is 19.5 Å². The Morgan fingerprint density at radius 3 is 2.37 bits per heavy atom. The van der Waals surface area contributed by atoms with Gasteiger partial charge in [-0.2, -0.15) is 4.31 Å². The number of benzene rings is 1. The number of aryl methyl sites for hydroxylation is 1. The lowest BCUT2D eigenvalue weighted by Crippen LogP contribution is -2.49. The zero-order chi connectivity index (χ0) is 21.1. The molecular formula is C20H21FN6O2S. The number of nitrogens with zero attached hydrogens (tertiary/aromatic N) is 5. The zero-order valence-corrected chi connectivity index (χ0v) is 17.2. The summed E-state index contributed by atoms with van der Waals surface area (Å²) in [7, 11) is -3.72. The van der Waals surface area contributed by atoms with Gasteiger partial charge in [0.25, 0.3) is 0 Å². The number of aromatic nitrogens is 3. The third kappa shape index (κ3) is 4.39. The molecule has 0 aliphatic carbocycles. The van der Waals surface area contributed by atoms with Crippen LogP contribution in [0.3, 0.4) is 0 Å². The van der Waals surface area contributed by atoms with Gasteiger partial charge in [0, 0.05) is 31.9 Å². The van der Waals surface area contributed by atoms with Crippen LogP contribution >= 0.6 is 0 Å². The normalized spacial score (nSPS) is 15.2. The number of halogens is 1. The number of pyridine rings is 1. The summed E-state index contributed by atoms with van der Waals surface area (Å²) in [6.07, 6.45) is 0. The van der Waals surface area contributed by atoms with Crippen LogP contribution in [0.1, 0.15) is 5.69 Å². The van der Waals surface area contributed by atoms with Crippen LogP contribution in [0, 0.1) is 12.7 Å². The fourth-order valence-corrected chi connectivity index (χ4v) is 4.69. The molecule has 0 spiro atoms. The summed E-state index contributed by atoms with van der Waals surface area (Å²) in [5, 5.41) is 11.5. The van der Waals surface area contributed by atoms with E-state index in [1.165, 1.54) is 22.5 Å². The minimum absolute atomic E-state index is 0.0315. The molecule has 0 bridgehead atoms. The van der Waals surface area contributed by atoms with Crippen molar-refractivity contribution in [3.63, 3.8) is 0 Å². The average Bonchev–Trinajstić information content (AvgIpc) is 2.74. The lowest BCUT2D eigenvalue weighted by molar-refractivity contribution is 0.383. The lowest BCUT2D eigenvalue weighted by Gasteiger charge is -2.34. The second kappa shape index (κ2) is 8.33. The van der Waals surface area contributed by atoms with Crippen LogP contribution in [0.2, 0.25) is 0 Å². The van der Waals surface area contributed by atoms with Gasteiger partial charge < -0.3 is 10.2 Å². The van der Waals surface area contributed by atoms with Gasteiger partial charge in [0.1, 0.15) is 11.6 Å². The largest absolute Gasteiger partial charge is 0.352 e. The van der Waals surface area contributed by atoms with Gasteiger partial charge in [-0.1, -0.05) is 12.1 Å². The molecule has 1 saturated heterocycles. The van der Waals surface area contributed by atoms with Gasteiger partial charge in [-0.3, -0.25) is 0 Å². The Morgan fingerprint density at radius 1 is 0.933 bits per heavy atom. The van der Waals surface area contributed by atoms with E-state index in [0.717, 1.165) is 11.8 Å². The third-order valence-corrected chi connectivity index (χ3v) is 6.69. The van der Waals surface area contributed by atoms with E-state index in [-0.39, 0.29) is 18.0 Å². The summed E-state index contributed by atoms with van der Waals surface area (Å²) in [5.41, 5.74) is 0.899. The quantitative estimate of drug-likeness (QED) is 0.668. The van der Waals surface area contributed by atoms with E-state index in [4.69, 9.17) is 0 Å². The van der Waals surface area contributed by atoms with Gasteiger partial charge >= 0.3 is 0 Å². The van der Waals surface area contributed by atoms with Crippen LogP contribution in [-0.2, 0) is 10.0 Å². The molecule has 0 saturated carbocycles. The molecule has 1 aliphatic rings. The van der Waals surface area contributed by atoms with Crippen LogP contribution < -0.4 is 10.2 Å². The summed E-state index contributed by atoms with van der Waals surface area (Å²) in [6, 6.07) is 14.4. The number of hydrogen-bond donors (Lipinski definition) is 1. The molecule has 0 radical (unpaired) electrons. The highest BCUT2D eigenvalue weighted by Gasteiger charge is 2.29. The summed E-state index contributed by atoms with van der Waals surface area (Å²) in [6.45, 7) is 3.42. The first-order chi connectivity index (χ1) is 14.4. The second-order valence-corrected chi connectivity index (χ2v) is 8.85. The topological polar surface area (TPSA) is 91.3 Å². The molecule has 1 aliphatic heterocycles. The fourth-order valence-electron chi connectivity index (χ4n) is 3.24. The van der Waals surface area contributed by atoms with Gasteiger partial charge in [0.05, 0.1) is 4.90 Å². The number of hydrogen-bond acceptors (Lipinski definition) is 7. The van der Waals surface area contributed by atoms with Gasteiger partial charge in [-0.15, -0.1) is 10.2 Å². The number of nitrogens with one attached hydrogen (secondary N) is 1. The minimum Gasteiger partial charge on any atom is -0.352 e. The molecule has 0 atom stereocenters. The van der Waals surface area contributed by atoms with Crippen LogP contribution in [0.15, 0.2) is 59.5 Å². The Bertz CT molecular complexity index is 1130. The third-order valence-electron chi connectivity index (χ3n) is 4.79. The van der Waals surface area contributed by atoms with Crippen molar-refractivity contribution >= 4 is 27.5 Å². The molecule has 0 unspecified atom stereocenters. The van der Waals surface area contributed by atoms with Gasteiger partial charge in [0.2, 0.25) is 10.0 Å². The van der Waals surface area contributed by atoms with E-state index in [1.807, 2.05) is 42.2 Å². The molecule has 4 rings (SSSR count). The number of piperazine rings is 1. The molecule has 10 heteroatoms. The minimum atomic E-state index is -3.72. The van der Waals surface area contributed by atoms with Crippen molar-refractivity contribution in [1.29, 1.82) is 0 Å². The van der Waals surface area contributed by atoms with E-state index in [0.29, 0.717) is 30.5 Å². The standard InChI is InChI=1S/C20H21FN6O2S/c1-15-4-2-7-18(22-15)23-19-8-9-20(25-24-19)26-10-12-27(13-11-26)30(28,29)17-6-3-5-16(21)14-17/h2-9,14H,10-13H2,1H3,(H,22,23,24). The smallest absolute Gasteiger partial charge is 0.243 e. The molecule has 0 amide bonds. The van der Waals surface area contributed by atoms with E-state index in [9.17, 15) is 12.8 Å². The van der Waals surface area contributed by atoms with E-state index in [1.54, 1.807) is 0 Å². The predicted octanol–water partition coefficient (Wildman–Crippen LogP) is 2.57. The van der Waals surface area contributed by atoms with Crippen molar-refractivity contribution in [3.8, 4) is 0 Å². The first kappa shape index (κ1) is 20.2. The molecule has 1 aromatic carbocycles. The average molecular weight is 428 g/mol. The predicted molar refractivity (Wildman–Crippen MR) is 112 cm³/mol. The molecule has 2 aromatic heterocycles. The molecule has 3 aromatic rings. The van der Waals surface area contributed by atoms with E-state index in [2.05, 4.69) is 20.5 Å². The summed E-state index contributed by atoms with van der Waals surface area (Å²) in [4.78, 5) is 6.31.